The Balaban J connectivity index is 1.74. The lowest BCUT2D eigenvalue weighted by atomic mass is 9.84. The van der Waals surface area contributed by atoms with Crippen molar-refractivity contribution >= 4 is 23.5 Å². The average molecular weight is 414 g/mol. The van der Waals surface area contributed by atoms with E-state index in [1.165, 1.54) is 18.4 Å². The topological polar surface area (TPSA) is 55.8 Å². The van der Waals surface area contributed by atoms with E-state index in [9.17, 15) is 18.4 Å². The van der Waals surface area contributed by atoms with Crippen molar-refractivity contribution in [1.82, 2.24) is 4.90 Å². The molecule has 1 aromatic rings. The fourth-order valence-corrected chi connectivity index (χ4v) is 3.94. The molecule has 1 amide bonds. The molecule has 1 aliphatic heterocycles. The summed E-state index contributed by atoms with van der Waals surface area (Å²) in [5.74, 6) is -3.23. The largest absolute Gasteiger partial charge is 0.467 e. The van der Waals surface area contributed by atoms with Gasteiger partial charge in [0.1, 0.15) is 11.8 Å². The van der Waals surface area contributed by atoms with Crippen molar-refractivity contribution in [3.8, 4) is 5.75 Å². The van der Waals surface area contributed by atoms with Gasteiger partial charge in [-0.25, -0.2) is 13.6 Å². The van der Waals surface area contributed by atoms with Crippen LogP contribution in [0.4, 0.5) is 8.78 Å². The lowest BCUT2D eigenvalue weighted by molar-refractivity contribution is -0.151. The number of hydrogen-bond acceptors (Lipinski definition) is 4. The predicted octanol–water partition coefficient (Wildman–Crippen LogP) is 4.24. The van der Waals surface area contributed by atoms with Crippen LogP contribution in [0.3, 0.4) is 0 Å². The lowest BCUT2D eigenvalue weighted by Gasteiger charge is -2.30. The van der Waals surface area contributed by atoms with E-state index in [4.69, 9.17) is 21.1 Å². The number of ether oxygens (including phenoxy) is 2. The van der Waals surface area contributed by atoms with Gasteiger partial charge < -0.3 is 14.4 Å². The molecular weight excluding hydrogens is 392 g/mol. The Morgan fingerprint density at radius 2 is 2.00 bits per heavy atom. The highest BCUT2D eigenvalue weighted by Gasteiger charge is 2.37. The highest BCUT2D eigenvalue weighted by atomic mass is 35.5. The third-order valence-electron chi connectivity index (χ3n) is 5.26. The van der Waals surface area contributed by atoms with Crippen molar-refractivity contribution in [2.45, 2.75) is 44.6 Å². The van der Waals surface area contributed by atoms with Crippen LogP contribution in [0.15, 0.2) is 24.0 Å². The van der Waals surface area contributed by atoms with Crippen molar-refractivity contribution in [2.24, 2.45) is 5.92 Å². The number of methoxy groups -OCH3 is 1. The molecule has 8 heteroatoms. The average Bonchev–Trinajstić information content (AvgIpc) is 3.06. The van der Waals surface area contributed by atoms with Gasteiger partial charge in [-0.05, 0) is 24.5 Å². The molecule has 1 fully saturated rings. The summed E-state index contributed by atoms with van der Waals surface area (Å²) in [5.41, 5.74) is 0. The first-order chi connectivity index (χ1) is 13.4. The molecule has 1 saturated carbocycles. The second-order valence-electron chi connectivity index (χ2n) is 7.13. The summed E-state index contributed by atoms with van der Waals surface area (Å²) in [4.78, 5) is 26.1. The quantitative estimate of drug-likeness (QED) is 0.517. The van der Waals surface area contributed by atoms with Crippen LogP contribution in [0.5, 0.6) is 5.75 Å². The number of esters is 1. The van der Waals surface area contributed by atoms with Gasteiger partial charge in [-0.1, -0.05) is 43.7 Å². The van der Waals surface area contributed by atoms with E-state index in [0.29, 0.717) is 12.3 Å². The summed E-state index contributed by atoms with van der Waals surface area (Å²) in [6, 6.07) is 1.31. The minimum Gasteiger partial charge on any atom is -0.467 e. The minimum absolute atomic E-state index is 0.0441. The zero-order valence-electron chi connectivity index (χ0n) is 15.6. The van der Waals surface area contributed by atoms with Gasteiger partial charge >= 0.3 is 5.97 Å². The summed E-state index contributed by atoms with van der Waals surface area (Å²) in [6.07, 6.45) is 7.03. The smallest absolute Gasteiger partial charge is 0.328 e. The summed E-state index contributed by atoms with van der Waals surface area (Å²) in [5, 5.41) is -0.289. The molecule has 1 unspecified atom stereocenters. The van der Waals surface area contributed by atoms with Crippen LogP contribution in [0.2, 0.25) is 5.02 Å². The Kier molecular flexibility index (Phi) is 6.54. The molecule has 0 radical (unpaired) electrons. The van der Waals surface area contributed by atoms with E-state index >= 15 is 0 Å². The highest BCUT2D eigenvalue weighted by Crippen LogP contribution is 2.32. The van der Waals surface area contributed by atoms with E-state index < -0.39 is 35.3 Å². The van der Waals surface area contributed by atoms with Crippen molar-refractivity contribution < 1.29 is 27.8 Å². The standard InChI is InChI=1S/C20H22ClF2NO4/c1-27-20(26)16(9-12-5-3-2-4-6-12)24-11-13(10-17(24)25)28-19-15(22)8-7-14(21)18(19)23/h7-8,10,12,16H,2-6,9,11H2,1H3. The van der Waals surface area contributed by atoms with E-state index in [2.05, 4.69) is 0 Å². The van der Waals surface area contributed by atoms with E-state index in [-0.39, 0.29) is 17.3 Å². The molecule has 1 aromatic carbocycles. The maximum Gasteiger partial charge on any atom is 0.328 e. The first-order valence-corrected chi connectivity index (χ1v) is 9.69. The molecule has 3 rings (SSSR count). The highest BCUT2D eigenvalue weighted by molar-refractivity contribution is 6.30. The van der Waals surface area contributed by atoms with Crippen molar-refractivity contribution in [1.29, 1.82) is 0 Å². The van der Waals surface area contributed by atoms with Gasteiger partial charge in [-0.2, -0.15) is 0 Å². The normalized spacial score (nSPS) is 18.8. The number of halogens is 3. The molecule has 0 saturated heterocycles. The van der Waals surface area contributed by atoms with E-state index in [1.54, 1.807) is 0 Å². The molecule has 0 spiro atoms. The molecule has 1 heterocycles. The van der Waals surface area contributed by atoms with Crippen LogP contribution in [0, 0.1) is 17.6 Å². The first kappa shape index (κ1) is 20.6. The predicted molar refractivity (Wildman–Crippen MR) is 98.8 cm³/mol. The number of carbonyl (C=O) groups excluding carboxylic acids is 2. The van der Waals surface area contributed by atoms with E-state index in [1.807, 2.05) is 0 Å². The SMILES string of the molecule is COC(=O)C(CC1CCCCC1)N1CC(Oc2c(F)ccc(Cl)c2F)=CC1=O. The molecule has 2 aliphatic rings. The maximum atomic E-state index is 14.1. The lowest BCUT2D eigenvalue weighted by Crippen LogP contribution is -2.44. The summed E-state index contributed by atoms with van der Waals surface area (Å²) >= 11 is 5.67. The van der Waals surface area contributed by atoms with Gasteiger partial charge in [0.05, 0.1) is 18.7 Å². The molecule has 1 atom stereocenters. The van der Waals surface area contributed by atoms with Gasteiger partial charge in [0.2, 0.25) is 0 Å². The second kappa shape index (κ2) is 8.90. The number of hydrogen-bond donors (Lipinski definition) is 0. The van der Waals surface area contributed by atoms with Gasteiger partial charge in [0, 0.05) is 6.08 Å². The summed E-state index contributed by atoms with van der Waals surface area (Å²) in [7, 11) is 1.28. The molecule has 0 bridgehead atoms. The molecular formula is C20H22ClF2NO4. The number of carbonyl (C=O) groups is 2. The fourth-order valence-electron chi connectivity index (χ4n) is 3.80. The van der Waals surface area contributed by atoms with Crippen LogP contribution in [0.25, 0.3) is 0 Å². The zero-order chi connectivity index (χ0) is 20.3. The third kappa shape index (κ3) is 4.46. The third-order valence-corrected chi connectivity index (χ3v) is 5.55. The van der Waals surface area contributed by atoms with Crippen LogP contribution in [0.1, 0.15) is 38.5 Å². The number of benzene rings is 1. The number of amides is 1. The Morgan fingerprint density at radius 1 is 1.29 bits per heavy atom. The fraction of sp³-hybridized carbons (Fsp3) is 0.500. The number of rotatable bonds is 6. The van der Waals surface area contributed by atoms with Crippen LogP contribution in [-0.2, 0) is 14.3 Å². The molecule has 1 aliphatic carbocycles. The van der Waals surface area contributed by atoms with Crippen LogP contribution >= 0.6 is 11.6 Å². The maximum absolute atomic E-state index is 14.1. The minimum atomic E-state index is -1.04. The number of nitrogens with zero attached hydrogens (tertiary/aromatic N) is 1. The molecule has 152 valence electrons. The molecule has 0 N–H and O–H groups in total. The first-order valence-electron chi connectivity index (χ1n) is 9.31. The molecule has 0 aromatic heterocycles. The Bertz CT molecular complexity index is 793. The second-order valence-corrected chi connectivity index (χ2v) is 7.54. The van der Waals surface area contributed by atoms with Gasteiger partial charge in [-0.3, -0.25) is 4.79 Å². The molecule has 28 heavy (non-hydrogen) atoms. The van der Waals surface area contributed by atoms with Crippen molar-refractivity contribution in [2.75, 3.05) is 13.7 Å². The Morgan fingerprint density at radius 3 is 2.68 bits per heavy atom. The van der Waals surface area contributed by atoms with Crippen molar-refractivity contribution in [3.63, 3.8) is 0 Å². The van der Waals surface area contributed by atoms with Crippen LogP contribution < -0.4 is 4.74 Å². The monoisotopic (exact) mass is 413 g/mol. The van der Waals surface area contributed by atoms with Crippen molar-refractivity contribution in [3.05, 3.63) is 40.6 Å². The Hall–Kier alpha value is -2.15. The Labute approximate surface area is 167 Å². The van der Waals surface area contributed by atoms with Gasteiger partial charge in [-0.15, -0.1) is 0 Å². The van der Waals surface area contributed by atoms with Gasteiger partial charge in [0.15, 0.2) is 17.4 Å². The summed E-state index contributed by atoms with van der Waals surface area (Å²) in [6.45, 7) is -0.0727. The molecule has 5 nitrogen and oxygen atoms in total. The van der Waals surface area contributed by atoms with E-state index in [0.717, 1.165) is 43.9 Å². The zero-order valence-corrected chi connectivity index (χ0v) is 16.3. The van der Waals surface area contributed by atoms with Crippen LogP contribution in [-0.4, -0.2) is 36.5 Å². The summed E-state index contributed by atoms with van der Waals surface area (Å²) < 4.78 is 38.1. The van der Waals surface area contributed by atoms with Gasteiger partial charge in [0.25, 0.3) is 5.91 Å².